The third-order valence-electron chi connectivity index (χ3n) is 4.21. The first-order valence-corrected chi connectivity index (χ1v) is 9.75. The largest absolute Gasteiger partial charge is 0.392 e. The summed E-state index contributed by atoms with van der Waals surface area (Å²) in [4.78, 5) is 12.3. The topological polar surface area (TPSA) is 86.7 Å². The molecule has 2 aromatic rings. The fourth-order valence-corrected chi connectivity index (χ4v) is 4.48. The van der Waals surface area contributed by atoms with Gasteiger partial charge in [0, 0.05) is 30.4 Å². The standard InChI is InChI=1S/C18H18F2N2O4S/c19-13-8-14(20)10-15(9-13)21-18(24)12-3-1-5-17(7-12)27(25,26)22-6-2-4-16(23)11-22/h1,3,5,7-10,16,23H,2,4,6,11H2,(H,21,24). The van der Waals surface area contributed by atoms with E-state index in [1.165, 1.54) is 28.6 Å². The normalized spacial score (nSPS) is 18.3. The van der Waals surface area contributed by atoms with E-state index in [-0.39, 0.29) is 22.7 Å². The van der Waals surface area contributed by atoms with Crippen molar-refractivity contribution < 1.29 is 27.1 Å². The van der Waals surface area contributed by atoms with Crippen LogP contribution in [0.15, 0.2) is 47.4 Å². The van der Waals surface area contributed by atoms with Gasteiger partial charge in [0.1, 0.15) is 11.6 Å². The molecule has 27 heavy (non-hydrogen) atoms. The number of carbonyl (C=O) groups excluding carboxylic acids is 1. The van der Waals surface area contributed by atoms with Crippen molar-refractivity contribution in [3.8, 4) is 0 Å². The van der Waals surface area contributed by atoms with Gasteiger partial charge in [0.05, 0.1) is 11.0 Å². The molecule has 1 amide bonds. The Hall–Kier alpha value is -2.36. The van der Waals surface area contributed by atoms with Crippen LogP contribution < -0.4 is 5.32 Å². The molecule has 6 nitrogen and oxygen atoms in total. The fourth-order valence-electron chi connectivity index (χ4n) is 2.92. The summed E-state index contributed by atoms with van der Waals surface area (Å²) >= 11 is 0. The zero-order chi connectivity index (χ0) is 19.6. The van der Waals surface area contributed by atoms with Crippen molar-refractivity contribution in [2.45, 2.75) is 23.8 Å². The summed E-state index contributed by atoms with van der Waals surface area (Å²) in [5, 5.41) is 12.0. The van der Waals surface area contributed by atoms with Crippen LogP contribution in [-0.2, 0) is 10.0 Å². The molecular formula is C18H18F2N2O4S. The van der Waals surface area contributed by atoms with E-state index in [4.69, 9.17) is 0 Å². The Bertz CT molecular complexity index is 945. The second kappa shape index (κ2) is 7.71. The molecule has 2 N–H and O–H groups in total. The predicted molar refractivity (Wildman–Crippen MR) is 94.8 cm³/mol. The zero-order valence-corrected chi connectivity index (χ0v) is 15.0. The Balaban J connectivity index is 1.83. The van der Waals surface area contributed by atoms with Gasteiger partial charge in [0.2, 0.25) is 10.0 Å². The third-order valence-corrected chi connectivity index (χ3v) is 6.07. The van der Waals surface area contributed by atoms with Crippen molar-refractivity contribution >= 4 is 21.6 Å². The number of anilines is 1. The predicted octanol–water partition coefficient (Wildman–Crippen LogP) is 2.36. The summed E-state index contributed by atoms with van der Waals surface area (Å²) in [6.45, 7) is 0.291. The number of β-amino-alcohol motifs (C(OH)–C–C–N with tert-alkyl or cyclic N) is 1. The highest BCUT2D eigenvalue weighted by atomic mass is 32.2. The molecule has 1 aliphatic rings. The first kappa shape index (κ1) is 19.4. The molecule has 1 atom stereocenters. The smallest absolute Gasteiger partial charge is 0.255 e. The molecule has 0 spiro atoms. The zero-order valence-electron chi connectivity index (χ0n) is 14.2. The number of aliphatic hydroxyl groups excluding tert-OH is 1. The van der Waals surface area contributed by atoms with E-state index in [1.807, 2.05) is 0 Å². The number of nitrogens with one attached hydrogen (secondary N) is 1. The Kier molecular flexibility index (Phi) is 5.54. The van der Waals surface area contributed by atoms with Crippen molar-refractivity contribution in [2.24, 2.45) is 0 Å². The lowest BCUT2D eigenvalue weighted by Crippen LogP contribution is -2.42. The van der Waals surface area contributed by atoms with Gasteiger partial charge in [-0.05, 0) is 43.2 Å². The summed E-state index contributed by atoms with van der Waals surface area (Å²) in [7, 11) is -3.86. The molecule has 0 aliphatic carbocycles. The summed E-state index contributed by atoms with van der Waals surface area (Å²) in [5.74, 6) is -2.38. The third kappa shape index (κ3) is 4.49. The number of rotatable bonds is 4. The molecule has 2 aromatic carbocycles. The van der Waals surface area contributed by atoms with Crippen LogP contribution in [0.4, 0.5) is 14.5 Å². The Labute approximate surface area is 155 Å². The van der Waals surface area contributed by atoms with Crippen LogP contribution >= 0.6 is 0 Å². The number of benzene rings is 2. The van der Waals surface area contributed by atoms with Crippen LogP contribution in [0.25, 0.3) is 0 Å². The van der Waals surface area contributed by atoms with Gasteiger partial charge in [-0.25, -0.2) is 17.2 Å². The monoisotopic (exact) mass is 396 g/mol. The Morgan fingerprint density at radius 2 is 1.85 bits per heavy atom. The van der Waals surface area contributed by atoms with Crippen LogP contribution in [0.1, 0.15) is 23.2 Å². The first-order chi connectivity index (χ1) is 12.8. The van der Waals surface area contributed by atoms with E-state index < -0.39 is 33.7 Å². The van der Waals surface area contributed by atoms with E-state index >= 15 is 0 Å². The van der Waals surface area contributed by atoms with E-state index in [1.54, 1.807) is 0 Å². The maximum Gasteiger partial charge on any atom is 0.255 e. The average molecular weight is 396 g/mol. The minimum atomic E-state index is -3.86. The van der Waals surface area contributed by atoms with Crippen molar-refractivity contribution in [2.75, 3.05) is 18.4 Å². The summed E-state index contributed by atoms with van der Waals surface area (Å²) in [5.41, 5.74) is -0.0526. The highest BCUT2D eigenvalue weighted by molar-refractivity contribution is 7.89. The molecule has 3 rings (SSSR count). The highest BCUT2D eigenvalue weighted by Gasteiger charge is 2.29. The van der Waals surface area contributed by atoms with E-state index in [0.717, 1.165) is 12.1 Å². The molecule has 1 fully saturated rings. The summed E-state index contributed by atoms with van der Waals surface area (Å²) in [6, 6.07) is 7.95. The van der Waals surface area contributed by atoms with Gasteiger partial charge in [-0.3, -0.25) is 4.79 Å². The summed E-state index contributed by atoms with van der Waals surface area (Å²) in [6.07, 6.45) is 0.368. The number of halogens is 2. The van der Waals surface area contributed by atoms with Crippen LogP contribution in [0.2, 0.25) is 0 Å². The summed E-state index contributed by atoms with van der Waals surface area (Å²) < 4.78 is 53.1. The number of piperidine rings is 1. The Morgan fingerprint density at radius 1 is 1.15 bits per heavy atom. The maximum atomic E-state index is 13.2. The van der Waals surface area contributed by atoms with Gasteiger partial charge in [-0.1, -0.05) is 6.07 Å². The second-order valence-electron chi connectivity index (χ2n) is 6.30. The molecular weight excluding hydrogens is 378 g/mol. The molecule has 0 saturated carbocycles. The lowest BCUT2D eigenvalue weighted by molar-refractivity contribution is 0.102. The van der Waals surface area contributed by atoms with Crippen LogP contribution in [0.3, 0.4) is 0 Å². The van der Waals surface area contributed by atoms with E-state index in [2.05, 4.69) is 5.32 Å². The number of sulfonamides is 1. The molecule has 144 valence electrons. The lowest BCUT2D eigenvalue weighted by atomic mass is 10.1. The lowest BCUT2D eigenvalue weighted by Gasteiger charge is -2.29. The minimum absolute atomic E-state index is 0.00132. The average Bonchev–Trinajstić information content (AvgIpc) is 2.61. The number of amides is 1. The van der Waals surface area contributed by atoms with Crippen LogP contribution in [0, 0.1) is 11.6 Å². The van der Waals surface area contributed by atoms with Crippen molar-refractivity contribution in [3.05, 3.63) is 59.7 Å². The number of nitrogens with zero attached hydrogens (tertiary/aromatic N) is 1. The van der Waals surface area contributed by atoms with Crippen LogP contribution in [0.5, 0.6) is 0 Å². The van der Waals surface area contributed by atoms with Gasteiger partial charge in [-0.15, -0.1) is 0 Å². The molecule has 1 unspecified atom stereocenters. The second-order valence-corrected chi connectivity index (χ2v) is 8.24. The molecule has 9 heteroatoms. The quantitative estimate of drug-likeness (QED) is 0.831. The fraction of sp³-hybridized carbons (Fsp3) is 0.278. The minimum Gasteiger partial charge on any atom is -0.392 e. The number of hydrogen-bond acceptors (Lipinski definition) is 4. The number of carbonyl (C=O) groups is 1. The number of hydrogen-bond donors (Lipinski definition) is 2. The molecule has 1 heterocycles. The molecule has 1 saturated heterocycles. The van der Waals surface area contributed by atoms with Gasteiger partial charge in [0.15, 0.2) is 0 Å². The number of aliphatic hydroxyl groups is 1. The molecule has 1 aliphatic heterocycles. The van der Waals surface area contributed by atoms with Crippen molar-refractivity contribution in [1.82, 2.24) is 4.31 Å². The van der Waals surface area contributed by atoms with Gasteiger partial charge < -0.3 is 10.4 Å². The van der Waals surface area contributed by atoms with Gasteiger partial charge >= 0.3 is 0 Å². The van der Waals surface area contributed by atoms with Gasteiger partial charge in [-0.2, -0.15) is 4.31 Å². The molecule has 0 bridgehead atoms. The molecule has 0 radical (unpaired) electrons. The molecule has 0 aromatic heterocycles. The van der Waals surface area contributed by atoms with E-state index in [0.29, 0.717) is 25.5 Å². The highest BCUT2D eigenvalue weighted by Crippen LogP contribution is 2.22. The van der Waals surface area contributed by atoms with Crippen LogP contribution in [-0.4, -0.2) is 42.9 Å². The van der Waals surface area contributed by atoms with E-state index in [9.17, 15) is 27.1 Å². The van der Waals surface area contributed by atoms with Gasteiger partial charge in [0.25, 0.3) is 5.91 Å². The Morgan fingerprint density at radius 3 is 2.52 bits per heavy atom. The van der Waals surface area contributed by atoms with Crippen molar-refractivity contribution in [1.29, 1.82) is 0 Å². The SMILES string of the molecule is O=C(Nc1cc(F)cc(F)c1)c1cccc(S(=O)(=O)N2CCCC(O)C2)c1. The first-order valence-electron chi connectivity index (χ1n) is 8.31. The van der Waals surface area contributed by atoms with Crippen molar-refractivity contribution in [3.63, 3.8) is 0 Å². The maximum absolute atomic E-state index is 13.2.